The van der Waals surface area contributed by atoms with Crippen molar-refractivity contribution in [1.29, 1.82) is 0 Å². The number of ether oxygens (including phenoxy) is 3. The lowest BCUT2D eigenvalue weighted by Gasteiger charge is -2.29. The van der Waals surface area contributed by atoms with Gasteiger partial charge in [0.1, 0.15) is 23.2 Å². The fourth-order valence-corrected chi connectivity index (χ4v) is 2.11. The fourth-order valence-electron chi connectivity index (χ4n) is 2.11. The molecule has 0 radical (unpaired) electrons. The minimum atomic E-state index is -0.544. The summed E-state index contributed by atoms with van der Waals surface area (Å²) in [6.07, 6.45) is -0.544. The summed E-state index contributed by atoms with van der Waals surface area (Å²) < 4.78 is 16.2. The molecule has 1 rings (SSSR count). The molecule has 20 heavy (non-hydrogen) atoms. The molecule has 4 nitrogen and oxygen atoms in total. The predicted molar refractivity (Wildman–Crippen MR) is 78.7 cm³/mol. The maximum atomic E-state index is 12.9. The SMILES string of the molecule is CCOC(C(=O)c1c(OC)cccc1OC)C(C)(C)C. The monoisotopic (exact) mass is 280 g/mol. The number of methoxy groups -OCH3 is 2. The average Bonchev–Trinajstić information content (AvgIpc) is 2.41. The van der Waals surface area contributed by atoms with Crippen molar-refractivity contribution in [2.24, 2.45) is 5.41 Å². The average molecular weight is 280 g/mol. The Morgan fingerprint density at radius 3 is 2.00 bits per heavy atom. The molecular weight excluding hydrogens is 256 g/mol. The van der Waals surface area contributed by atoms with E-state index in [9.17, 15) is 4.79 Å². The number of hydrogen-bond acceptors (Lipinski definition) is 4. The largest absolute Gasteiger partial charge is 0.496 e. The van der Waals surface area contributed by atoms with Gasteiger partial charge < -0.3 is 14.2 Å². The molecule has 1 atom stereocenters. The molecule has 0 saturated heterocycles. The van der Waals surface area contributed by atoms with Gasteiger partial charge in [-0.2, -0.15) is 0 Å². The maximum absolute atomic E-state index is 12.9. The highest BCUT2D eigenvalue weighted by molar-refractivity contribution is 6.04. The Morgan fingerprint density at radius 2 is 1.65 bits per heavy atom. The highest BCUT2D eigenvalue weighted by Gasteiger charge is 2.35. The lowest BCUT2D eigenvalue weighted by atomic mass is 9.84. The normalized spacial score (nSPS) is 12.9. The molecule has 4 heteroatoms. The Kier molecular flexibility index (Phi) is 5.57. The second kappa shape index (κ2) is 6.75. The molecule has 0 aliphatic rings. The third-order valence-electron chi connectivity index (χ3n) is 3.03. The molecule has 1 aromatic carbocycles. The molecule has 0 heterocycles. The third kappa shape index (κ3) is 3.51. The van der Waals surface area contributed by atoms with Crippen molar-refractivity contribution >= 4 is 5.78 Å². The number of rotatable bonds is 6. The van der Waals surface area contributed by atoms with Crippen LogP contribution in [0.4, 0.5) is 0 Å². The molecule has 1 aromatic rings. The van der Waals surface area contributed by atoms with E-state index in [1.165, 1.54) is 0 Å². The van der Waals surface area contributed by atoms with Gasteiger partial charge in [0.2, 0.25) is 0 Å². The Labute approximate surface area is 121 Å². The van der Waals surface area contributed by atoms with Crippen molar-refractivity contribution in [3.63, 3.8) is 0 Å². The molecule has 0 amide bonds. The van der Waals surface area contributed by atoms with E-state index in [1.807, 2.05) is 27.7 Å². The van der Waals surface area contributed by atoms with Crippen LogP contribution in [0.1, 0.15) is 38.1 Å². The van der Waals surface area contributed by atoms with Gasteiger partial charge in [0.05, 0.1) is 14.2 Å². The molecule has 0 aliphatic carbocycles. The van der Waals surface area contributed by atoms with E-state index in [-0.39, 0.29) is 11.2 Å². The molecule has 0 saturated carbocycles. The minimum absolute atomic E-state index is 0.117. The third-order valence-corrected chi connectivity index (χ3v) is 3.03. The van der Waals surface area contributed by atoms with Crippen LogP contribution in [0.2, 0.25) is 0 Å². The topological polar surface area (TPSA) is 44.8 Å². The molecule has 112 valence electrons. The smallest absolute Gasteiger partial charge is 0.199 e. The lowest BCUT2D eigenvalue weighted by Crippen LogP contribution is -2.37. The number of hydrogen-bond donors (Lipinski definition) is 0. The van der Waals surface area contributed by atoms with E-state index in [0.29, 0.717) is 23.7 Å². The van der Waals surface area contributed by atoms with Crippen LogP contribution in [0.25, 0.3) is 0 Å². The molecule has 0 aromatic heterocycles. The second-order valence-electron chi connectivity index (χ2n) is 5.60. The first-order valence-corrected chi connectivity index (χ1v) is 6.73. The van der Waals surface area contributed by atoms with E-state index < -0.39 is 6.10 Å². The first-order chi connectivity index (χ1) is 9.36. The van der Waals surface area contributed by atoms with Crippen LogP contribution >= 0.6 is 0 Å². The number of Topliss-reactive ketones (excluding diaryl/α,β-unsaturated/α-hetero) is 1. The molecular formula is C16H24O4. The summed E-state index contributed by atoms with van der Waals surface area (Å²) in [7, 11) is 3.08. The summed E-state index contributed by atoms with van der Waals surface area (Å²) in [5.74, 6) is 0.889. The van der Waals surface area contributed by atoms with Crippen LogP contribution in [0.5, 0.6) is 11.5 Å². The van der Waals surface area contributed by atoms with Crippen molar-refractivity contribution in [3.05, 3.63) is 23.8 Å². The number of benzene rings is 1. The Morgan fingerprint density at radius 1 is 1.15 bits per heavy atom. The fraction of sp³-hybridized carbons (Fsp3) is 0.562. The minimum Gasteiger partial charge on any atom is -0.496 e. The van der Waals surface area contributed by atoms with Gasteiger partial charge in [0.15, 0.2) is 5.78 Å². The van der Waals surface area contributed by atoms with Gasteiger partial charge in [-0.15, -0.1) is 0 Å². The summed E-state index contributed by atoms with van der Waals surface area (Å²) in [4.78, 5) is 12.9. The van der Waals surface area contributed by atoms with Crippen LogP contribution in [0, 0.1) is 5.41 Å². The molecule has 0 spiro atoms. The first kappa shape index (κ1) is 16.5. The van der Waals surface area contributed by atoms with Gasteiger partial charge in [0.25, 0.3) is 0 Å². The Balaban J connectivity index is 3.30. The number of carbonyl (C=O) groups is 1. The zero-order valence-electron chi connectivity index (χ0n) is 13.1. The van der Waals surface area contributed by atoms with Gasteiger partial charge in [-0.25, -0.2) is 0 Å². The molecule has 1 unspecified atom stereocenters. The van der Waals surface area contributed by atoms with E-state index >= 15 is 0 Å². The molecule has 0 fully saturated rings. The van der Waals surface area contributed by atoms with Crippen molar-refractivity contribution < 1.29 is 19.0 Å². The summed E-state index contributed by atoms with van der Waals surface area (Å²) in [6.45, 7) is 8.30. The van der Waals surface area contributed by atoms with E-state index in [1.54, 1.807) is 32.4 Å². The zero-order valence-corrected chi connectivity index (χ0v) is 13.1. The summed E-state index contributed by atoms with van der Waals surface area (Å²) in [5, 5.41) is 0. The van der Waals surface area contributed by atoms with Gasteiger partial charge >= 0.3 is 0 Å². The van der Waals surface area contributed by atoms with Crippen molar-refractivity contribution in [2.75, 3.05) is 20.8 Å². The Bertz CT molecular complexity index is 438. The van der Waals surface area contributed by atoms with Crippen LogP contribution in [0.15, 0.2) is 18.2 Å². The van der Waals surface area contributed by atoms with E-state index in [2.05, 4.69) is 0 Å². The van der Waals surface area contributed by atoms with Crippen molar-refractivity contribution in [3.8, 4) is 11.5 Å². The zero-order chi connectivity index (χ0) is 15.3. The van der Waals surface area contributed by atoms with Crippen molar-refractivity contribution in [1.82, 2.24) is 0 Å². The summed E-state index contributed by atoms with van der Waals surface area (Å²) >= 11 is 0. The van der Waals surface area contributed by atoms with Gasteiger partial charge in [0, 0.05) is 6.61 Å². The van der Waals surface area contributed by atoms with Gasteiger partial charge in [-0.3, -0.25) is 4.79 Å². The van der Waals surface area contributed by atoms with Crippen LogP contribution in [0.3, 0.4) is 0 Å². The van der Waals surface area contributed by atoms with Gasteiger partial charge in [-0.05, 0) is 24.5 Å². The summed E-state index contributed by atoms with van der Waals surface area (Å²) in [5.41, 5.74) is 0.129. The number of carbonyl (C=O) groups excluding carboxylic acids is 1. The molecule has 0 aliphatic heterocycles. The highest BCUT2D eigenvalue weighted by Crippen LogP contribution is 2.34. The standard InChI is InChI=1S/C16H24O4/c1-7-20-15(16(2,3)4)14(17)13-11(18-5)9-8-10-12(13)19-6/h8-10,15H,7H2,1-6H3. The molecule has 0 bridgehead atoms. The highest BCUT2D eigenvalue weighted by atomic mass is 16.5. The first-order valence-electron chi connectivity index (χ1n) is 6.73. The predicted octanol–water partition coefficient (Wildman–Crippen LogP) is 3.34. The van der Waals surface area contributed by atoms with Crippen LogP contribution in [-0.2, 0) is 4.74 Å². The Hall–Kier alpha value is -1.55. The van der Waals surface area contributed by atoms with Crippen LogP contribution < -0.4 is 9.47 Å². The van der Waals surface area contributed by atoms with Crippen LogP contribution in [-0.4, -0.2) is 32.7 Å². The van der Waals surface area contributed by atoms with Crippen molar-refractivity contribution in [2.45, 2.75) is 33.8 Å². The maximum Gasteiger partial charge on any atom is 0.199 e. The molecule has 0 N–H and O–H groups in total. The summed E-state index contributed by atoms with van der Waals surface area (Å²) in [6, 6.07) is 5.30. The number of ketones is 1. The van der Waals surface area contributed by atoms with E-state index in [4.69, 9.17) is 14.2 Å². The quantitative estimate of drug-likeness (QED) is 0.750. The van der Waals surface area contributed by atoms with Gasteiger partial charge in [-0.1, -0.05) is 26.8 Å². The van der Waals surface area contributed by atoms with E-state index in [0.717, 1.165) is 0 Å². The lowest BCUT2D eigenvalue weighted by molar-refractivity contribution is -0.000553. The second-order valence-corrected chi connectivity index (χ2v) is 5.60.